The van der Waals surface area contributed by atoms with Gasteiger partial charge in [0.05, 0.1) is 10.2 Å². The third-order valence-corrected chi connectivity index (χ3v) is 4.85. The van der Waals surface area contributed by atoms with Crippen LogP contribution in [0.4, 0.5) is 20.2 Å². The van der Waals surface area contributed by atoms with Gasteiger partial charge < -0.3 is 15.0 Å². The molecular formula is C19H19BrF2N2O2. The molecule has 138 valence electrons. The summed E-state index contributed by atoms with van der Waals surface area (Å²) < 4.78 is 33.4. The van der Waals surface area contributed by atoms with Crippen LogP contribution in [0.3, 0.4) is 0 Å². The molecule has 0 bridgehead atoms. The largest absolute Gasteiger partial charge is 0.480 e. The molecule has 0 aromatic heterocycles. The van der Waals surface area contributed by atoms with Gasteiger partial charge in [-0.2, -0.15) is 0 Å². The molecule has 2 aromatic carbocycles. The summed E-state index contributed by atoms with van der Waals surface area (Å²) in [5, 5.41) is 2.64. The zero-order chi connectivity index (χ0) is 18.7. The van der Waals surface area contributed by atoms with Crippen molar-refractivity contribution in [3.63, 3.8) is 0 Å². The van der Waals surface area contributed by atoms with Gasteiger partial charge in [-0.15, -0.1) is 0 Å². The third kappa shape index (κ3) is 4.33. The molecule has 1 aliphatic heterocycles. The molecule has 1 atom stereocenters. The first-order valence-electron chi connectivity index (χ1n) is 8.41. The average Bonchev–Trinajstić information content (AvgIpc) is 3.11. The Balaban J connectivity index is 1.64. The van der Waals surface area contributed by atoms with Gasteiger partial charge >= 0.3 is 0 Å². The molecule has 0 saturated carbocycles. The standard InChI is InChI=1S/C19H19BrF2N2O2/c1-12(26-18-7-4-13(21)10-15(18)20)19(25)23-14-5-6-17(16(22)11-14)24-8-2-3-9-24/h4-7,10-12H,2-3,8-9H2,1H3,(H,23,25). The molecule has 1 fully saturated rings. The van der Waals surface area contributed by atoms with Crippen molar-refractivity contribution in [1.29, 1.82) is 0 Å². The van der Waals surface area contributed by atoms with E-state index in [-0.39, 0.29) is 5.82 Å². The van der Waals surface area contributed by atoms with Crippen molar-refractivity contribution < 1.29 is 18.3 Å². The number of anilines is 2. The monoisotopic (exact) mass is 424 g/mol. The smallest absolute Gasteiger partial charge is 0.265 e. The quantitative estimate of drug-likeness (QED) is 0.753. The van der Waals surface area contributed by atoms with Gasteiger partial charge in [0, 0.05) is 18.8 Å². The van der Waals surface area contributed by atoms with Crippen molar-refractivity contribution in [3.8, 4) is 5.75 Å². The molecule has 3 rings (SSSR count). The maximum Gasteiger partial charge on any atom is 0.265 e. The molecule has 1 aliphatic rings. The van der Waals surface area contributed by atoms with E-state index < -0.39 is 17.8 Å². The van der Waals surface area contributed by atoms with E-state index in [0.717, 1.165) is 25.9 Å². The second kappa shape index (κ2) is 8.03. The number of carbonyl (C=O) groups excluding carboxylic acids is 1. The summed E-state index contributed by atoms with van der Waals surface area (Å²) in [5.41, 5.74) is 0.920. The Kier molecular flexibility index (Phi) is 5.76. The highest BCUT2D eigenvalue weighted by Crippen LogP contribution is 2.28. The maximum atomic E-state index is 14.3. The number of halogens is 3. The van der Waals surface area contributed by atoms with Gasteiger partial charge in [-0.3, -0.25) is 4.79 Å². The Morgan fingerprint density at radius 3 is 2.58 bits per heavy atom. The van der Waals surface area contributed by atoms with Crippen molar-refractivity contribution in [1.82, 2.24) is 0 Å². The van der Waals surface area contributed by atoms with E-state index in [1.54, 1.807) is 19.1 Å². The minimum atomic E-state index is -0.835. The van der Waals surface area contributed by atoms with Crippen molar-refractivity contribution in [3.05, 3.63) is 52.5 Å². The minimum Gasteiger partial charge on any atom is -0.480 e. The summed E-state index contributed by atoms with van der Waals surface area (Å²) >= 11 is 3.19. The van der Waals surface area contributed by atoms with E-state index in [9.17, 15) is 13.6 Å². The number of amides is 1. The van der Waals surface area contributed by atoms with Crippen LogP contribution in [0.15, 0.2) is 40.9 Å². The molecule has 1 amide bonds. The predicted octanol–water partition coefficient (Wildman–Crippen LogP) is 4.73. The number of nitrogens with one attached hydrogen (secondary N) is 1. The molecule has 0 aliphatic carbocycles. The zero-order valence-corrected chi connectivity index (χ0v) is 15.9. The summed E-state index contributed by atoms with van der Waals surface area (Å²) in [6.07, 6.45) is 1.29. The molecule has 0 radical (unpaired) electrons. The Labute approximate surface area is 159 Å². The summed E-state index contributed by atoms with van der Waals surface area (Å²) in [7, 11) is 0. The Morgan fingerprint density at radius 1 is 1.19 bits per heavy atom. The molecule has 4 nitrogen and oxygen atoms in total. The van der Waals surface area contributed by atoms with E-state index in [1.807, 2.05) is 4.90 Å². The lowest BCUT2D eigenvalue weighted by molar-refractivity contribution is -0.122. The Bertz CT molecular complexity index is 810. The molecule has 7 heteroatoms. The van der Waals surface area contributed by atoms with E-state index in [1.165, 1.54) is 24.3 Å². The number of carbonyl (C=O) groups is 1. The van der Waals surface area contributed by atoms with Crippen molar-refractivity contribution in [2.45, 2.75) is 25.9 Å². The number of rotatable bonds is 5. The first-order chi connectivity index (χ1) is 12.4. The molecule has 1 saturated heterocycles. The number of hydrogen-bond donors (Lipinski definition) is 1. The second-order valence-corrected chi connectivity index (χ2v) is 7.04. The van der Waals surface area contributed by atoms with Gasteiger partial charge in [0.1, 0.15) is 17.4 Å². The summed E-state index contributed by atoms with van der Waals surface area (Å²) in [4.78, 5) is 14.3. The molecule has 2 aromatic rings. The lowest BCUT2D eigenvalue weighted by atomic mass is 10.2. The molecule has 26 heavy (non-hydrogen) atoms. The fourth-order valence-electron chi connectivity index (χ4n) is 2.86. The Hall–Kier alpha value is -2.15. The SMILES string of the molecule is CC(Oc1ccc(F)cc1Br)C(=O)Nc1ccc(N2CCCC2)c(F)c1. The van der Waals surface area contributed by atoms with Crippen LogP contribution in [0.5, 0.6) is 5.75 Å². The van der Waals surface area contributed by atoms with Crippen LogP contribution in [-0.2, 0) is 4.79 Å². The number of ether oxygens (including phenoxy) is 1. The Morgan fingerprint density at radius 2 is 1.92 bits per heavy atom. The minimum absolute atomic E-state index is 0.351. The summed E-state index contributed by atoms with van der Waals surface area (Å²) in [6.45, 7) is 3.26. The highest BCUT2D eigenvalue weighted by Gasteiger charge is 2.19. The first-order valence-corrected chi connectivity index (χ1v) is 9.20. The van der Waals surface area contributed by atoms with Crippen molar-refractivity contribution in [2.75, 3.05) is 23.3 Å². The fourth-order valence-corrected chi connectivity index (χ4v) is 3.30. The number of benzene rings is 2. The van der Waals surface area contributed by atoms with E-state index in [4.69, 9.17) is 4.74 Å². The van der Waals surface area contributed by atoms with Crippen LogP contribution < -0.4 is 15.0 Å². The predicted molar refractivity (Wildman–Crippen MR) is 101 cm³/mol. The molecule has 1 unspecified atom stereocenters. The van der Waals surface area contributed by atoms with Crippen LogP contribution >= 0.6 is 15.9 Å². The van der Waals surface area contributed by atoms with Crippen LogP contribution in [0.25, 0.3) is 0 Å². The molecule has 1 N–H and O–H groups in total. The van der Waals surface area contributed by atoms with E-state index in [0.29, 0.717) is 21.6 Å². The second-order valence-electron chi connectivity index (χ2n) is 6.18. The highest BCUT2D eigenvalue weighted by atomic mass is 79.9. The van der Waals surface area contributed by atoms with Gasteiger partial charge in [0.15, 0.2) is 6.10 Å². The lowest BCUT2D eigenvalue weighted by Gasteiger charge is -2.19. The maximum absolute atomic E-state index is 14.3. The summed E-state index contributed by atoms with van der Waals surface area (Å²) in [6, 6.07) is 8.61. The average molecular weight is 425 g/mol. The number of hydrogen-bond acceptors (Lipinski definition) is 3. The first kappa shape index (κ1) is 18.6. The fraction of sp³-hybridized carbons (Fsp3) is 0.316. The molecule has 0 spiro atoms. The van der Waals surface area contributed by atoms with Crippen LogP contribution in [0.1, 0.15) is 19.8 Å². The number of nitrogens with zero attached hydrogens (tertiary/aromatic N) is 1. The molecule has 1 heterocycles. The van der Waals surface area contributed by atoms with E-state index >= 15 is 0 Å². The van der Waals surface area contributed by atoms with E-state index in [2.05, 4.69) is 21.2 Å². The van der Waals surface area contributed by atoms with Crippen molar-refractivity contribution in [2.24, 2.45) is 0 Å². The van der Waals surface area contributed by atoms with Gasteiger partial charge in [-0.25, -0.2) is 8.78 Å². The van der Waals surface area contributed by atoms with Gasteiger partial charge in [-0.1, -0.05) is 0 Å². The molecular weight excluding hydrogens is 406 g/mol. The topological polar surface area (TPSA) is 41.6 Å². The highest BCUT2D eigenvalue weighted by molar-refractivity contribution is 9.10. The zero-order valence-electron chi connectivity index (χ0n) is 14.3. The van der Waals surface area contributed by atoms with Gasteiger partial charge in [0.25, 0.3) is 5.91 Å². The van der Waals surface area contributed by atoms with Crippen LogP contribution in [0.2, 0.25) is 0 Å². The van der Waals surface area contributed by atoms with Crippen LogP contribution in [-0.4, -0.2) is 25.1 Å². The lowest BCUT2D eigenvalue weighted by Crippen LogP contribution is -2.30. The summed E-state index contributed by atoms with van der Waals surface area (Å²) in [5.74, 6) is -0.839. The normalized spacial score (nSPS) is 15.0. The van der Waals surface area contributed by atoms with Crippen molar-refractivity contribution >= 4 is 33.2 Å². The van der Waals surface area contributed by atoms with Crippen LogP contribution in [0, 0.1) is 11.6 Å². The van der Waals surface area contributed by atoms with Gasteiger partial charge in [0.2, 0.25) is 0 Å². The van der Waals surface area contributed by atoms with Gasteiger partial charge in [-0.05, 0) is 72.1 Å². The third-order valence-electron chi connectivity index (χ3n) is 4.23.